The second-order valence-electron chi connectivity index (χ2n) is 6.23. The van der Waals surface area contributed by atoms with Crippen LogP contribution in [0.3, 0.4) is 0 Å². The van der Waals surface area contributed by atoms with Gasteiger partial charge in [-0.25, -0.2) is 0 Å². The van der Waals surface area contributed by atoms with Crippen molar-refractivity contribution in [3.63, 3.8) is 0 Å². The third-order valence-corrected chi connectivity index (χ3v) is 3.57. The molecule has 0 radical (unpaired) electrons. The molecule has 5 heteroatoms. The Hall–Kier alpha value is -1.36. The molecule has 1 aliphatic heterocycles. The minimum atomic E-state index is -0.225. The van der Waals surface area contributed by atoms with Gasteiger partial charge in [-0.3, -0.25) is 9.48 Å². The first-order valence-corrected chi connectivity index (χ1v) is 6.95. The zero-order valence-corrected chi connectivity index (χ0v) is 12.3. The number of aromatic nitrogens is 2. The van der Waals surface area contributed by atoms with E-state index in [1.165, 1.54) is 0 Å². The summed E-state index contributed by atoms with van der Waals surface area (Å²) in [6.45, 7) is 9.13. The number of nitrogens with zero attached hydrogens (tertiary/aromatic N) is 3. The number of aryl methyl sites for hydroxylation is 1. The molecule has 2 unspecified atom stereocenters. The van der Waals surface area contributed by atoms with Gasteiger partial charge >= 0.3 is 0 Å². The van der Waals surface area contributed by atoms with Crippen LogP contribution in [0.25, 0.3) is 0 Å². The molecule has 0 aromatic carbocycles. The number of nitrogens with two attached hydrogens (primary N) is 1. The average Bonchev–Trinajstić information content (AvgIpc) is 2.82. The fourth-order valence-electron chi connectivity index (χ4n) is 2.89. The van der Waals surface area contributed by atoms with Crippen LogP contribution in [0, 0.1) is 0 Å². The van der Waals surface area contributed by atoms with Crippen molar-refractivity contribution in [2.24, 2.45) is 5.73 Å². The fourth-order valence-corrected chi connectivity index (χ4v) is 2.89. The Kier molecular flexibility index (Phi) is 3.67. The van der Waals surface area contributed by atoms with E-state index in [0.29, 0.717) is 6.42 Å². The molecule has 2 heterocycles. The summed E-state index contributed by atoms with van der Waals surface area (Å²) in [4.78, 5) is 14.1. The Labute approximate surface area is 114 Å². The van der Waals surface area contributed by atoms with Crippen LogP contribution in [0.1, 0.15) is 52.3 Å². The van der Waals surface area contributed by atoms with Crippen LogP contribution in [-0.4, -0.2) is 32.2 Å². The molecule has 5 nitrogen and oxygen atoms in total. The van der Waals surface area contributed by atoms with Crippen LogP contribution >= 0.6 is 0 Å². The van der Waals surface area contributed by atoms with Gasteiger partial charge in [-0.05, 0) is 33.3 Å². The molecular formula is C14H24N4O. The summed E-state index contributed by atoms with van der Waals surface area (Å²) in [5.74, 6) is 0.134. The van der Waals surface area contributed by atoms with Crippen molar-refractivity contribution < 1.29 is 4.79 Å². The minimum absolute atomic E-state index is 0.0680. The van der Waals surface area contributed by atoms with Gasteiger partial charge in [0, 0.05) is 30.7 Å². The van der Waals surface area contributed by atoms with E-state index in [2.05, 4.69) is 32.8 Å². The summed E-state index contributed by atoms with van der Waals surface area (Å²) < 4.78 is 1.97. The van der Waals surface area contributed by atoms with Crippen molar-refractivity contribution in [1.82, 2.24) is 14.7 Å². The van der Waals surface area contributed by atoms with Crippen LogP contribution in [0.5, 0.6) is 0 Å². The Morgan fingerprint density at radius 1 is 1.47 bits per heavy atom. The van der Waals surface area contributed by atoms with Crippen LogP contribution in [0.2, 0.25) is 0 Å². The molecule has 0 aliphatic carbocycles. The molecule has 0 saturated carbocycles. The van der Waals surface area contributed by atoms with Crippen molar-refractivity contribution >= 4 is 5.91 Å². The predicted octanol–water partition coefficient (Wildman–Crippen LogP) is 1.69. The number of hydrogen-bond acceptors (Lipinski definition) is 3. The largest absolute Gasteiger partial charge is 0.328 e. The van der Waals surface area contributed by atoms with Gasteiger partial charge in [-0.1, -0.05) is 6.92 Å². The second-order valence-corrected chi connectivity index (χ2v) is 6.23. The molecule has 2 rings (SSSR count). The monoisotopic (exact) mass is 264 g/mol. The minimum Gasteiger partial charge on any atom is -0.328 e. The lowest BCUT2D eigenvalue weighted by Crippen LogP contribution is -2.46. The van der Waals surface area contributed by atoms with Gasteiger partial charge in [-0.15, -0.1) is 0 Å². The van der Waals surface area contributed by atoms with Crippen molar-refractivity contribution in [3.8, 4) is 0 Å². The highest BCUT2D eigenvalue weighted by Gasteiger charge is 2.45. The van der Waals surface area contributed by atoms with E-state index in [1.807, 2.05) is 15.6 Å². The Morgan fingerprint density at radius 3 is 2.74 bits per heavy atom. The topological polar surface area (TPSA) is 64.2 Å². The van der Waals surface area contributed by atoms with Crippen LogP contribution in [-0.2, 0) is 11.3 Å². The van der Waals surface area contributed by atoms with E-state index in [-0.39, 0.29) is 23.5 Å². The van der Waals surface area contributed by atoms with E-state index in [4.69, 9.17) is 5.73 Å². The van der Waals surface area contributed by atoms with Gasteiger partial charge in [0.05, 0.1) is 11.7 Å². The molecule has 1 aromatic heterocycles. The van der Waals surface area contributed by atoms with Crippen LogP contribution in [0.15, 0.2) is 12.3 Å². The van der Waals surface area contributed by atoms with E-state index < -0.39 is 0 Å². The first-order valence-electron chi connectivity index (χ1n) is 6.95. The molecular weight excluding hydrogens is 240 g/mol. The lowest BCUT2D eigenvalue weighted by molar-refractivity contribution is -0.133. The summed E-state index contributed by atoms with van der Waals surface area (Å²) in [7, 11) is 0. The molecule has 1 aromatic rings. The third kappa shape index (κ3) is 2.52. The maximum absolute atomic E-state index is 12.2. The van der Waals surface area contributed by atoms with E-state index in [9.17, 15) is 4.79 Å². The van der Waals surface area contributed by atoms with Gasteiger partial charge < -0.3 is 10.6 Å². The Morgan fingerprint density at radius 2 is 2.16 bits per heavy atom. The van der Waals surface area contributed by atoms with Crippen molar-refractivity contribution in [3.05, 3.63) is 18.0 Å². The highest BCUT2D eigenvalue weighted by atomic mass is 16.2. The summed E-state index contributed by atoms with van der Waals surface area (Å²) in [6, 6.07) is 1.76. The second kappa shape index (κ2) is 4.96. The number of hydrogen-bond donors (Lipinski definition) is 1. The molecule has 0 bridgehead atoms. The van der Waals surface area contributed by atoms with Gasteiger partial charge in [0.15, 0.2) is 0 Å². The molecule has 106 valence electrons. The summed E-state index contributed by atoms with van der Waals surface area (Å²) >= 11 is 0. The normalized spacial score (nSPS) is 24.3. The lowest BCUT2D eigenvalue weighted by Gasteiger charge is -2.38. The standard InChI is InChI=1S/C14H24N4O/c1-5-8-17-11(6-7-16-17)13-10(15)9-12(19)18(13)14(2,3)4/h6-7,10,13H,5,8-9,15H2,1-4H3. The van der Waals surface area contributed by atoms with E-state index in [0.717, 1.165) is 18.7 Å². The van der Waals surface area contributed by atoms with Gasteiger partial charge in [0.2, 0.25) is 5.91 Å². The highest BCUT2D eigenvalue weighted by molar-refractivity contribution is 5.81. The van der Waals surface area contributed by atoms with E-state index in [1.54, 1.807) is 6.20 Å². The first-order chi connectivity index (χ1) is 8.86. The summed E-state index contributed by atoms with van der Waals surface area (Å²) in [6.07, 6.45) is 3.22. The third-order valence-electron chi connectivity index (χ3n) is 3.57. The molecule has 1 saturated heterocycles. The number of carbonyl (C=O) groups is 1. The quantitative estimate of drug-likeness (QED) is 0.903. The van der Waals surface area contributed by atoms with Crippen molar-refractivity contribution in [2.45, 2.75) is 64.7 Å². The molecule has 2 atom stereocenters. The number of amides is 1. The predicted molar refractivity (Wildman–Crippen MR) is 74.5 cm³/mol. The zero-order valence-electron chi connectivity index (χ0n) is 12.3. The highest BCUT2D eigenvalue weighted by Crippen LogP contribution is 2.37. The maximum Gasteiger partial charge on any atom is 0.225 e. The van der Waals surface area contributed by atoms with Gasteiger partial charge in [-0.2, -0.15) is 5.10 Å². The molecule has 2 N–H and O–H groups in total. The summed E-state index contributed by atoms with van der Waals surface area (Å²) in [5.41, 5.74) is 7.04. The van der Waals surface area contributed by atoms with Gasteiger partial charge in [0.1, 0.15) is 0 Å². The number of rotatable bonds is 3. The Balaban J connectivity index is 2.40. The zero-order chi connectivity index (χ0) is 14.2. The first kappa shape index (κ1) is 14.1. The van der Waals surface area contributed by atoms with Gasteiger partial charge in [0.25, 0.3) is 0 Å². The Bertz CT molecular complexity index is 460. The van der Waals surface area contributed by atoms with Crippen LogP contribution in [0.4, 0.5) is 0 Å². The average molecular weight is 264 g/mol. The maximum atomic E-state index is 12.2. The van der Waals surface area contributed by atoms with Crippen molar-refractivity contribution in [1.29, 1.82) is 0 Å². The van der Waals surface area contributed by atoms with Crippen LogP contribution < -0.4 is 5.73 Å². The number of likely N-dealkylation sites (tertiary alicyclic amines) is 1. The van der Waals surface area contributed by atoms with Crippen molar-refractivity contribution in [2.75, 3.05) is 0 Å². The fraction of sp³-hybridized carbons (Fsp3) is 0.714. The molecule has 1 fully saturated rings. The lowest BCUT2D eigenvalue weighted by atomic mass is 10.0. The number of carbonyl (C=O) groups excluding carboxylic acids is 1. The molecule has 19 heavy (non-hydrogen) atoms. The van der Waals surface area contributed by atoms with E-state index >= 15 is 0 Å². The molecule has 0 spiro atoms. The molecule has 1 aliphatic rings. The summed E-state index contributed by atoms with van der Waals surface area (Å²) in [5, 5.41) is 4.35. The SMILES string of the molecule is CCCn1nccc1C1C(N)CC(=O)N1C(C)(C)C. The smallest absolute Gasteiger partial charge is 0.225 e. The molecule has 1 amide bonds.